The number of rotatable bonds is 15. The van der Waals surface area contributed by atoms with Crippen molar-refractivity contribution in [2.24, 2.45) is 0 Å². The second-order valence-corrected chi connectivity index (χ2v) is 26.3. The molecule has 4 atom stereocenters. The molecule has 0 spiro atoms. The van der Waals surface area contributed by atoms with E-state index in [4.69, 9.17) is 27.8 Å². The fraction of sp³-hybridized carbons (Fsp3) is 0.417. The molecule has 0 radical (unpaired) electrons. The van der Waals surface area contributed by atoms with Gasteiger partial charge in [-0.25, -0.2) is 0 Å². The van der Waals surface area contributed by atoms with Crippen molar-refractivity contribution in [3.63, 3.8) is 0 Å². The Kier molecular flexibility index (Phi) is 14.4. The van der Waals surface area contributed by atoms with Crippen LogP contribution in [-0.4, -0.2) is 54.5 Å². The first-order chi connectivity index (χ1) is 26.6. The molecule has 5 rings (SSSR count). The summed E-state index contributed by atoms with van der Waals surface area (Å²) in [4.78, 5) is 0. The quantitative estimate of drug-likeness (QED) is 0.0680. The van der Waals surface area contributed by atoms with Gasteiger partial charge in [0, 0.05) is 12.8 Å². The predicted octanol–water partition coefficient (Wildman–Crippen LogP) is 9.83. The summed E-state index contributed by atoms with van der Waals surface area (Å²) in [6.45, 7) is 23.3. The molecule has 56 heavy (non-hydrogen) atoms. The zero-order valence-corrected chi connectivity index (χ0v) is 37.0. The molecule has 0 N–H and O–H groups in total. The van der Waals surface area contributed by atoms with Crippen molar-refractivity contribution < 1.29 is 27.8 Å². The summed E-state index contributed by atoms with van der Waals surface area (Å²) < 4.78 is 40.6. The summed E-state index contributed by atoms with van der Waals surface area (Å²) in [5.41, 5.74) is 1.04. The maximum absolute atomic E-state index is 7.36. The molecule has 0 saturated carbocycles. The highest BCUT2D eigenvalue weighted by molar-refractivity contribution is 6.99. The molecule has 6 nitrogen and oxygen atoms in total. The molecule has 1 aliphatic rings. The minimum atomic E-state index is -2.78. The van der Waals surface area contributed by atoms with Crippen molar-refractivity contribution in [2.45, 2.75) is 115 Å². The van der Waals surface area contributed by atoms with Crippen molar-refractivity contribution >= 4 is 27.0 Å². The Morgan fingerprint density at radius 1 is 0.768 bits per heavy atom. The van der Waals surface area contributed by atoms with Crippen LogP contribution < -0.4 is 15.1 Å². The van der Waals surface area contributed by atoms with Gasteiger partial charge in [-0.1, -0.05) is 163 Å². The van der Waals surface area contributed by atoms with Crippen LogP contribution >= 0.6 is 0 Å². The van der Waals surface area contributed by atoms with Gasteiger partial charge in [0.15, 0.2) is 14.6 Å². The van der Waals surface area contributed by atoms with Crippen LogP contribution in [0.5, 0.6) is 5.75 Å². The maximum Gasteiger partial charge on any atom is 0.262 e. The summed E-state index contributed by atoms with van der Waals surface area (Å²) in [6, 6.07) is 39.4. The van der Waals surface area contributed by atoms with Crippen molar-refractivity contribution in [1.29, 1.82) is 0 Å². The van der Waals surface area contributed by atoms with Gasteiger partial charge in [-0.05, 0) is 56.8 Å². The van der Waals surface area contributed by atoms with E-state index in [-0.39, 0.29) is 16.7 Å². The molecule has 0 unspecified atom stereocenters. The molecule has 8 heteroatoms. The second kappa shape index (κ2) is 18.6. The van der Waals surface area contributed by atoms with Crippen LogP contribution in [0.25, 0.3) is 0 Å². The number of benzene rings is 4. The van der Waals surface area contributed by atoms with E-state index in [2.05, 4.69) is 146 Å². The summed E-state index contributed by atoms with van der Waals surface area (Å²) in [7, 11) is -3.45. The van der Waals surface area contributed by atoms with Gasteiger partial charge >= 0.3 is 0 Å². The summed E-state index contributed by atoms with van der Waals surface area (Å²) >= 11 is 0. The maximum atomic E-state index is 7.36. The Morgan fingerprint density at radius 3 is 1.84 bits per heavy atom. The molecule has 298 valence electrons. The van der Waals surface area contributed by atoms with Crippen molar-refractivity contribution in [3.05, 3.63) is 139 Å². The molecule has 4 aromatic rings. The minimum absolute atomic E-state index is 0.0467. The Hall–Kier alpha value is -3.79. The van der Waals surface area contributed by atoms with Crippen molar-refractivity contribution in [2.75, 3.05) is 13.7 Å². The lowest BCUT2D eigenvalue weighted by molar-refractivity contribution is -0.320. The van der Waals surface area contributed by atoms with Crippen LogP contribution in [0.3, 0.4) is 0 Å². The Bertz CT molecular complexity index is 1840. The summed E-state index contributed by atoms with van der Waals surface area (Å²) in [6.07, 6.45) is 1.16. The van der Waals surface area contributed by atoms with Gasteiger partial charge in [0.25, 0.3) is 8.32 Å². The van der Waals surface area contributed by atoms with Gasteiger partial charge in [0.2, 0.25) is 0 Å². The molecule has 0 aromatic heterocycles. The zero-order valence-electron chi connectivity index (χ0n) is 35.0. The summed E-state index contributed by atoms with van der Waals surface area (Å²) in [5, 5.41) is 2.22. The van der Waals surface area contributed by atoms with E-state index in [9.17, 15) is 0 Å². The van der Waals surface area contributed by atoms with Crippen LogP contribution in [0.15, 0.2) is 128 Å². The topological polar surface area (TPSA) is 55.4 Å². The Morgan fingerprint density at radius 2 is 1.32 bits per heavy atom. The van der Waals surface area contributed by atoms with E-state index in [0.29, 0.717) is 26.1 Å². The first-order valence-electron chi connectivity index (χ1n) is 19.8. The third kappa shape index (κ3) is 10.0. The average Bonchev–Trinajstić information content (AvgIpc) is 3.18. The van der Waals surface area contributed by atoms with Crippen LogP contribution in [0.2, 0.25) is 23.2 Å². The monoisotopic (exact) mass is 790 g/mol. The SMILES string of the molecule is C=CC[C@@]1(OCc2ccccc2)[C@H](OCc2ccc(OC)cc2)O[C@H](C#CCO[Si](c2ccccc2)(c2ccccc2)C(C)(C)C)C[C@@H]1O[Si](C)(C)C(C)(C)C. The van der Waals surface area contributed by atoms with Gasteiger partial charge in [0.1, 0.15) is 17.5 Å². The third-order valence-corrected chi connectivity index (χ3v) is 20.8. The number of methoxy groups -OCH3 is 1. The van der Waals surface area contributed by atoms with Crippen molar-refractivity contribution in [3.8, 4) is 17.6 Å². The number of hydrogen-bond donors (Lipinski definition) is 0. The summed E-state index contributed by atoms with van der Waals surface area (Å²) in [5.74, 6) is 7.69. The fourth-order valence-corrected chi connectivity index (χ4v) is 13.0. The number of ether oxygens (including phenoxy) is 4. The number of hydrogen-bond acceptors (Lipinski definition) is 6. The van der Waals surface area contributed by atoms with Crippen LogP contribution in [0.4, 0.5) is 0 Å². The Labute approximate surface area is 338 Å². The van der Waals surface area contributed by atoms with E-state index >= 15 is 0 Å². The van der Waals surface area contributed by atoms with Gasteiger partial charge in [-0.2, -0.15) is 0 Å². The van der Waals surface area contributed by atoms with Gasteiger partial charge < -0.3 is 27.8 Å². The molecule has 4 aromatic carbocycles. The largest absolute Gasteiger partial charge is 0.497 e. The normalized spacial score (nSPS) is 20.5. The molecule has 0 bridgehead atoms. The lowest BCUT2D eigenvalue weighted by atomic mass is 9.85. The first-order valence-corrected chi connectivity index (χ1v) is 24.6. The van der Waals surface area contributed by atoms with Gasteiger partial charge in [-0.15, -0.1) is 6.58 Å². The van der Waals surface area contributed by atoms with Crippen molar-refractivity contribution in [1.82, 2.24) is 0 Å². The highest BCUT2D eigenvalue weighted by atomic mass is 28.4. The Balaban J connectivity index is 1.52. The standard InChI is InChI=1S/C48H62O6Si2/c1-11-33-48(51-37-38-22-15-12-16-23-38)44(54-55(9,10)46(2,3)4)35-41(53-45(48)50-36-39-29-31-40(49-8)32-30-39)24-21-34-52-56(47(5,6)7,42-25-17-13-18-26-42)43-27-19-14-20-28-43/h11-20,22-23,25-32,41,44-45H,1,33-37H2,2-10H3/t41-,44+,45-,48+/m1/s1. The smallest absolute Gasteiger partial charge is 0.262 e. The molecule has 0 amide bonds. The fourth-order valence-electron chi connectivity index (χ4n) is 7.24. The van der Waals surface area contributed by atoms with Gasteiger partial charge in [-0.3, -0.25) is 0 Å². The predicted molar refractivity (Wildman–Crippen MR) is 233 cm³/mol. The molecular formula is C48H62O6Si2. The van der Waals surface area contributed by atoms with Gasteiger partial charge in [0.05, 0.1) is 33.0 Å². The molecule has 1 fully saturated rings. The van der Waals surface area contributed by atoms with E-state index < -0.39 is 40.7 Å². The second-order valence-electron chi connectivity index (χ2n) is 17.2. The van der Waals surface area contributed by atoms with Crippen LogP contribution in [-0.2, 0) is 36.3 Å². The van der Waals surface area contributed by atoms with E-state index in [0.717, 1.165) is 16.9 Å². The third-order valence-electron chi connectivity index (χ3n) is 11.3. The minimum Gasteiger partial charge on any atom is -0.497 e. The van der Waals surface area contributed by atoms with E-state index in [1.54, 1.807) is 7.11 Å². The van der Waals surface area contributed by atoms with E-state index in [1.807, 2.05) is 48.5 Å². The molecule has 1 heterocycles. The van der Waals surface area contributed by atoms with Crippen LogP contribution in [0.1, 0.15) is 65.5 Å². The lowest BCUT2D eigenvalue weighted by Gasteiger charge is -2.52. The van der Waals surface area contributed by atoms with Crippen LogP contribution in [0, 0.1) is 11.8 Å². The lowest BCUT2D eigenvalue weighted by Crippen LogP contribution is -2.66. The molecule has 1 saturated heterocycles. The molecule has 0 aliphatic carbocycles. The van der Waals surface area contributed by atoms with E-state index in [1.165, 1.54) is 10.4 Å². The first kappa shape index (κ1) is 43.3. The highest BCUT2D eigenvalue weighted by Gasteiger charge is 2.56. The molecular weight excluding hydrogens is 729 g/mol. The molecule has 1 aliphatic heterocycles. The zero-order chi connectivity index (χ0) is 40.5. The average molecular weight is 791 g/mol. The highest BCUT2D eigenvalue weighted by Crippen LogP contribution is 2.45.